The highest BCUT2D eigenvalue weighted by molar-refractivity contribution is 6.36. The van der Waals surface area contributed by atoms with Crippen molar-refractivity contribution in [2.75, 3.05) is 13.6 Å². The molecule has 1 atom stereocenters. The van der Waals surface area contributed by atoms with E-state index in [4.69, 9.17) is 23.2 Å². The van der Waals surface area contributed by atoms with E-state index in [0.717, 1.165) is 0 Å². The Kier molecular flexibility index (Phi) is 5.85. The second kappa shape index (κ2) is 6.92. The fraction of sp³-hybridized carbons (Fsp3) is 0.417. The zero-order chi connectivity index (χ0) is 13.7. The van der Waals surface area contributed by atoms with Gasteiger partial charge in [0.2, 0.25) is 5.91 Å². The quantitative estimate of drug-likeness (QED) is 0.820. The maximum Gasteiger partial charge on any atom is 0.221 e. The maximum atomic E-state index is 13.3. The lowest BCUT2D eigenvalue weighted by molar-refractivity contribution is -0.121. The maximum absolute atomic E-state index is 13.3. The van der Waals surface area contributed by atoms with Crippen LogP contribution >= 0.6 is 23.2 Å². The van der Waals surface area contributed by atoms with Crippen LogP contribution < -0.4 is 10.6 Å². The van der Waals surface area contributed by atoms with Gasteiger partial charge in [-0.1, -0.05) is 23.2 Å². The Morgan fingerprint density at radius 2 is 2.11 bits per heavy atom. The molecule has 0 fully saturated rings. The van der Waals surface area contributed by atoms with Crippen molar-refractivity contribution in [3.63, 3.8) is 0 Å². The number of benzene rings is 1. The summed E-state index contributed by atoms with van der Waals surface area (Å²) in [7, 11) is 1.76. The van der Waals surface area contributed by atoms with E-state index in [1.54, 1.807) is 14.0 Å². The van der Waals surface area contributed by atoms with Gasteiger partial charge in [-0.3, -0.25) is 4.79 Å². The van der Waals surface area contributed by atoms with Crippen LogP contribution in [0.3, 0.4) is 0 Å². The molecule has 1 amide bonds. The Morgan fingerprint density at radius 3 is 2.72 bits per heavy atom. The molecule has 2 N–H and O–H groups in total. The highest BCUT2D eigenvalue weighted by atomic mass is 35.5. The monoisotopic (exact) mass is 292 g/mol. The molecule has 1 aromatic rings. The molecule has 1 aromatic carbocycles. The van der Waals surface area contributed by atoms with Crippen molar-refractivity contribution in [1.29, 1.82) is 0 Å². The van der Waals surface area contributed by atoms with Crippen molar-refractivity contribution >= 4 is 29.1 Å². The van der Waals surface area contributed by atoms with Crippen LogP contribution in [-0.4, -0.2) is 19.5 Å². The fourth-order valence-corrected chi connectivity index (χ4v) is 2.26. The van der Waals surface area contributed by atoms with Gasteiger partial charge in [0, 0.05) is 23.6 Å². The molecule has 0 aliphatic heterocycles. The second-order valence-electron chi connectivity index (χ2n) is 3.90. The van der Waals surface area contributed by atoms with E-state index in [9.17, 15) is 9.18 Å². The Morgan fingerprint density at radius 1 is 1.44 bits per heavy atom. The molecule has 3 nitrogen and oxygen atoms in total. The molecular weight excluding hydrogens is 278 g/mol. The van der Waals surface area contributed by atoms with Gasteiger partial charge in [0.25, 0.3) is 0 Å². The topological polar surface area (TPSA) is 41.1 Å². The third-order valence-corrected chi connectivity index (χ3v) is 3.21. The van der Waals surface area contributed by atoms with Gasteiger partial charge >= 0.3 is 0 Å². The first-order valence-electron chi connectivity index (χ1n) is 5.54. The molecule has 0 saturated heterocycles. The predicted octanol–water partition coefficient (Wildman–Crippen LogP) is 2.92. The number of hydrogen-bond acceptors (Lipinski definition) is 2. The van der Waals surface area contributed by atoms with Crippen LogP contribution in [0.5, 0.6) is 0 Å². The van der Waals surface area contributed by atoms with Crippen molar-refractivity contribution < 1.29 is 9.18 Å². The number of halogens is 3. The lowest BCUT2D eigenvalue weighted by Gasteiger charge is -2.17. The van der Waals surface area contributed by atoms with Gasteiger partial charge in [-0.05, 0) is 26.1 Å². The molecular formula is C12H15Cl2FN2O. The standard InChI is InChI=1S/C12H15Cl2FN2O/c1-7(17-10(18)5-6-16-2)11-8(13)3-4-9(15)12(11)14/h3-4,7,16H,5-6H2,1-2H3,(H,17,18). The minimum atomic E-state index is -0.549. The number of hydrogen-bond donors (Lipinski definition) is 2. The summed E-state index contributed by atoms with van der Waals surface area (Å²) in [5.74, 6) is -0.694. The molecule has 18 heavy (non-hydrogen) atoms. The van der Waals surface area contributed by atoms with Gasteiger partial charge in [-0.25, -0.2) is 4.39 Å². The molecule has 1 rings (SSSR count). The zero-order valence-corrected chi connectivity index (χ0v) is 11.7. The Balaban J connectivity index is 2.81. The number of nitrogens with one attached hydrogen (secondary N) is 2. The van der Waals surface area contributed by atoms with Crippen LogP contribution in [-0.2, 0) is 4.79 Å². The summed E-state index contributed by atoms with van der Waals surface area (Å²) >= 11 is 11.8. The van der Waals surface area contributed by atoms with E-state index < -0.39 is 11.9 Å². The first-order valence-corrected chi connectivity index (χ1v) is 6.30. The van der Waals surface area contributed by atoms with Crippen molar-refractivity contribution in [2.45, 2.75) is 19.4 Å². The van der Waals surface area contributed by atoms with E-state index in [-0.39, 0.29) is 10.9 Å². The summed E-state index contributed by atoms with van der Waals surface area (Å²) in [5, 5.41) is 5.88. The average molecular weight is 293 g/mol. The van der Waals surface area contributed by atoms with E-state index in [1.807, 2.05) is 0 Å². The minimum Gasteiger partial charge on any atom is -0.349 e. The lowest BCUT2D eigenvalue weighted by atomic mass is 10.1. The van der Waals surface area contributed by atoms with Crippen LogP contribution in [0.15, 0.2) is 12.1 Å². The predicted molar refractivity (Wildman–Crippen MR) is 71.5 cm³/mol. The van der Waals surface area contributed by atoms with Crippen LogP contribution in [0.25, 0.3) is 0 Å². The summed E-state index contributed by atoms with van der Waals surface area (Å²) in [6.07, 6.45) is 0.339. The molecule has 0 spiro atoms. The second-order valence-corrected chi connectivity index (χ2v) is 4.68. The van der Waals surface area contributed by atoms with Gasteiger partial charge in [0.15, 0.2) is 0 Å². The van der Waals surface area contributed by atoms with Gasteiger partial charge in [-0.15, -0.1) is 0 Å². The highest BCUT2D eigenvalue weighted by Crippen LogP contribution is 2.32. The molecule has 0 heterocycles. The van der Waals surface area contributed by atoms with Crippen LogP contribution in [0, 0.1) is 5.82 Å². The van der Waals surface area contributed by atoms with Gasteiger partial charge in [0.1, 0.15) is 5.82 Å². The summed E-state index contributed by atoms with van der Waals surface area (Å²) < 4.78 is 13.3. The third kappa shape index (κ3) is 3.83. The Labute approximate surface area is 116 Å². The fourth-order valence-electron chi connectivity index (χ4n) is 1.56. The van der Waals surface area contributed by atoms with Crippen LogP contribution in [0.1, 0.15) is 24.9 Å². The van der Waals surface area contributed by atoms with E-state index in [1.165, 1.54) is 12.1 Å². The molecule has 0 bridgehead atoms. The SMILES string of the molecule is CNCCC(=O)NC(C)c1c(Cl)ccc(F)c1Cl. The first kappa shape index (κ1) is 15.2. The molecule has 0 aliphatic carbocycles. The Bertz CT molecular complexity index is 440. The lowest BCUT2D eigenvalue weighted by Crippen LogP contribution is -2.29. The van der Waals surface area contributed by atoms with Crippen molar-refractivity contribution in [1.82, 2.24) is 10.6 Å². The summed E-state index contributed by atoms with van der Waals surface area (Å²) in [6.45, 7) is 2.28. The molecule has 1 unspecified atom stereocenters. The minimum absolute atomic E-state index is 0.0519. The first-order chi connectivity index (χ1) is 8.47. The number of carbonyl (C=O) groups is 1. The zero-order valence-electron chi connectivity index (χ0n) is 10.2. The number of rotatable bonds is 5. The third-order valence-electron chi connectivity index (χ3n) is 2.49. The van der Waals surface area contributed by atoms with Crippen molar-refractivity contribution in [2.24, 2.45) is 0 Å². The Hall–Kier alpha value is -0.840. The van der Waals surface area contributed by atoms with Crippen molar-refractivity contribution in [3.05, 3.63) is 33.6 Å². The summed E-state index contributed by atoms with van der Waals surface area (Å²) in [6, 6.07) is 2.18. The largest absolute Gasteiger partial charge is 0.349 e. The van der Waals surface area contributed by atoms with Gasteiger partial charge < -0.3 is 10.6 Å². The highest BCUT2D eigenvalue weighted by Gasteiger charge is 2.18. The molecule has 0 aromatic heterocycles. The molecule has 6 heteroatoms. The molecule has 100 valence electrons. The normalized spacial score (nSPS) is 12.3. The van der Waals surface area contributed by atoms with Crippen LogP contribution in [0.2, 0.25) is 10.0 Å². The van der Waals surface area contributed by atoms with E-state index >= 15 is 0 Å². The number of amides is 1. The molecule has 0 aliphatic rings. The van der Waals surface area contributed by atoms with Crippen molar-refractivity contribution in [3.8, 4) is 0 Å². The summed E-state index contributed by atoms with van der Waals surface area (Å²) in [4.78, 5) is 11.6. The van der Waals surface area contributed by atoms with Gasteiger partial charge in [0.05, 0.1) is 11.1 Å². The molecule has 0 saturated carbocycles. The number of carbonyl (C=O) groups excluding carboxylic acids is 1. The smallest absolute Gasteiger partial charge is 0.221 e. The van der Waals surface area contributed by atoms with E-state index in [0.29, 0.717) is 23.6 Å². The molecule has 0 radical (unpaired) electrons. The average Bonchev–Trinajstić information content (AvgIpc) is 2.31. The van der Waals surface area contributed by atoms with Crippen LogP contribution in [0.4, 0.5) is 4.39 Å². The summed E-state index contributed by atoms with van der Waals surface area (Å²) in [5.41, 5.74) is 0.399. The van der Waals surface area contributed by atoms with E-state index in [2.05, 4.69) is 10.6 Å². The van der Waals surface area contributed by atoms with Gasteiger partial charge in [-0.2, -0.15) is 0 Å².